The number of hydrazone groups is 1. The first-order valence-corrected chi connectivity index (χ1v) is 6.53. The van der Waals surface area contributed by atoms with Crippen molar-refractivity contribution in [3.8, 4) is 17.9 Å². The third kappa shape index (κ3) is 4.80. The molecule has 0 heterocycles. The molecule has 0 aliphatic heterocycles. The van der Waals surface area contributed by atoms with Crippen LogP contribution < -0.4 is 10.2 Å². The van der Waals surface area contributed by atoms with E-state index in [4.69, 9.17) is 20.0 Å². The Balaban J connectivity index is 2.74. The Morgan fingerprint density at radius 3 is 2.36 bits per heavy atom. The molecule has 1 rings (SSSR count). The number of carbonyl (C=O) groups excluding carboxylic acids is 1. The molecule has 0 amide bonds. The maximum Gasteiger partial charge on any atom is 0.349 e. The Morgan fingerprint density at radius 1 is 1.27 bits per heavy atom. The van der Waals surface area contributed by atoms with Crippen LogP contribution in [0.25, 0.3) is 0 Å². The fraction of sp³-hybridized carbons (Fsp3) is 0.333. The van der Waals surface area contributed by atoms with Gasteiger partial charge in [0.15, 0.2) is 5.60 Å². The van der Waals surface area contributed by atoms with Gasteiger partial charge in [0.05, 0.1) is 12.3 Å². The summed E-state index contributed by atoms with van der Waals surface area (Å²) < 4.78 is 10.5. The fourth-order valence-corrected chi connectivity index (χ4v) is 1.43. The van der Waals surface area contributed by atoms with Crippen LogP contribution in [-0.4, -0.2) is 23.9 Å². The summed E-state index contributed by atoms with van der Waals surface area (Å²) in [5, 5.41) is 20.7. The van der Waals surface area contributed by atoms with Crippen molar-refractivity contribution in [2.75, 3.05) is 12.0 Å². The number of hydrogen-bond donors (Lipinski definition) is 1. The lowest BCUT2D eigenvalue weighted by molar-refractivity contribution is -0.158. The minimum atomic E-state index is -1.10. The normalized spacial score (nSPS) is 9.86. The largest absolute Gasteiger partial charge is 0.476 e. The molecule has 0 radical (unpaired) electrons. The highest BCUT2D eigenvalue weighted by molar-refractivity contribution is 6.10. The van der Waals surface area contributed by atoms with Gasteiger partial charge in [0.25, 0.3) is 0 Å². The first kappa shape index (κ1) is 17.0. The second kappa shape index (κ2) is 7.65. The lowest BCUT2D eigenvalue weighted by Gasteiger charge is -2.24. The fourth-order valence-electron chi connectivity index (χ4n) is 1.43. The number of anilines is 1. The molecule has 0 atom stereocenters. The average molecular weight is 300 g/mol. The molecule has 0 saturated carbocycles. The van der Waals surface area contributed by atoms with E-state index in [1.165, 1.54) is 0 Å². The Hall–Kier alpha value is -3.06. The number of nitrogens with one attached hydrogen (secondary N) is 1. The zero-order chi connectivity index (χ0) is 16.6. The highest BCUT2D eigenvalue weighted by Crippen LogP contribution is 2.21. The van der Waals surface area contributed by atoms with E-state index < -0.39 is 11.6 Å². The van der Waals surface area contributed by atoms with Crippen molar-refractivity contribution in [3.05, 3.63) is 24.3 Å². The minimum Gasteiger partial charge on any atom is -0.476 e. The SMILES string of the molecule is CCOC(=O)C(C)(C)Oc1ccc(NN=C(C#N)C#N)cc1. The average Bonchev–Trinajstić information content (AvgIpc) is 2.50. The summed E-state index contributed by atoms with van der Waals surface area (Å²) >= 11 is 0. The number of benzene rings is 1. The first-order valence-electron chi connectivity index (χ1n) is 6.53. The highest BCUT2D eigenvalue weighted by atomic mass is 16.6. The monoisotopic (exact) mass is 300 g/mol. The molecule has 0 unspecified atom stereocenters. The van der Waals surface area contributed by atoms with Crippen LogP contribution in [0.3, 0.4) is 0 Å². The molecule has 0 fully saturated rings. The van der Waals surface area contributed by atoms with Gasteiger partial charge in [-0.05, 0) is 45.0 Å². The Morgan fingerprint density at radius 2 is 1.86 bits per heavy atom. The number of esters is 1. The van der Waals surface area contributed by atoms with Crippen LogP contribution in [0.5, 0.6) is 5.75 Å². The van der Waals surface area contributed by atoms with Crippen LogP contribution in [0.1, 0.15) is 20.8 Å². The van der Waals surface area contributed by atoms with Crippen LogP contribution in [0.15, 0.2) is 29.4 Å². The maximum atomic E-state index is 11.7. The van der Waals surface area contributed by atoms with E-state index in [0.717, 1.165) is 0 Å². The zero-order valence-corrected chi connectivity index (χ0v) is 12.6. The maximum absolute atomic E-state index is 11.7. The van der Waals surface area contributed by atoms with Gasteiger partial charge in [0.1, 0.15) is 17.9 Å². The predicted octanol–water partition coefficient (Wildman–Crippen LogP) is 2.22. The quantitative estimate of drug-likeness (QED) is 0.490. The summed E-state index contributed by atoms with van der Waals surface area (Å²) in [6, 6.07) is 9.84. The topological polar surface area (TPSA) is 108 Å². The number of nitrogens with zero attached hydrogens (tertiary/aromatic N) is 3. The van der Waals surface area contributed by atoms with Crippen molar-refractivity contribution in [1.82, 2.24) is 0 Å². The standard InChI is InChI=1S/C15H16N4O3/c1-4-21-14(20)15(2,3)22-13-7-5-11(6-8-13)18-19-12(9-16)10-17/h5-8,18H,4H2,1-3H3. The lowest BCUT2D eigenvalue weighted by Crippen LogP contribution is -2.39. The molecule has 1 aromatic rings. The van der Waals surface area contributed by atoms with Gasteiger partial charge in [0, 0.05) is 0 Å². The third-order valence-corrected chi connectivity index (χ3v) is 2.50. The Bertz CT molecular complexity index is 620. The molecule has 114 valence electrons. The predicted molar refractivity (Wildman–Crippen MR) is 80.1 cm³/mol. The smallest absolute Gasteiger partial charge is 0.349 e. The van der Waals surface area contributed by atoms with Gasteiger partial charge in [0.2, 0.25) is 5.71 Å². The van der Waals surface area contributed by atoms with Crippen LogP contribution in [0.2, 0.25) is 0 Å². The molecule has 0 bridgehead atoms. The number of rotatable bonds is 6. The van der Waals surface area contributed by atoms with E-state index in [9.17, 15) is 4.79 Å². The molecule has 1 N–H and O–H groups in total. The summed E-state index contributed by atoms with van der Waals surface area (Å²) in [6.45, 7) is 5.25. The van der Waals surface area contributed by atoms with Crippen LogP contribution >= 0.6 is 0 Å². The van der Waals surface area contributed by atoms with Crippen molar-refractivity contribution in [2.24, 2.45) is 5.10 Å². The van der Waals surface area contributed by atoms with Crippen molar-refractivity contribution in [3.63, 3.8) is 0 Å². The summed E-state index contributed by atoms with van der Waals surface area (Å²) in [6.07, 6.45) is 0. The van der Waals surface area contributed by atoms with E-state index >= 15 is 0 Å². The van der Waals surface area contributed by atoms with Gasteiger partial charge in [-0.15, -0.1) is 0 Å². The summed E-state index contributed by atoms with van der Waals surface area (Å²) in [5.74, 6) is 0.0304. The van der Waals surface area contributed by atoms with Crippen molar-refractivity contribution in [1.29, 1.82) is 10.5 Å². The molecule has 7 nitrogen and oxygen atoms in total. The van der Waals surface area contributed by atoms with E-state index in [-0.39, 0.29) is 12.3 Å². The summed E-state index contributed by atoms with van der Waals surface area (Å²) in [5.41, 5.74) is 1.78. The molecular weight excluding hydrogens is 284 g/mol. The van der Waals surface area contributed by atoms with Gasteiger partial charge < -0.3 is 9.47 Å². The van der Waals surface area contributed by atoms with E-state index in [0.29, 0.717) is 11.4 Å². The molecule has 0 saturated heterocycles. The molecule has 7 heteroatoms. The van der Waals surface area contributed by atoms with E-state index in [1.807, 2.05) is 0 Å². The molecule has 1 aromatic carbocycles. The van der Waals surface area contributed by atoms with E-state index in [1.54, 1.807) is 57.2 Å². The van der Waals surface area contributed by atoms with Gasteiger partial charge in [-0.25, -0.2) is 4.79 Å². The Labute approximate surface area is 128 Å². The van der Waals surface area contributed by atoms with Crippen molar-refractivity contribution >= 4 is 17.4 Å². The van der Waals surface area contributed by atoms with Crippen LogP contribution in [0, 0.1) is 22.7 Å². The molecule has 0 spiro atoms. The van der Waals surface area contributed by atoms with Gasteiger partial charge in [-0.3, -0.25) is 5.43 Å². The van der Waals surface area contributed by atoms with Crippen molar-refractivity contribution in [2.45, 2.75) is 26.4 Å². The summed E-state index contributed by atoms with van der Waals surface area (Å²) in [7, 11) is 0. The second-order valence-electron chi connectivity index (χ2n) is 4.65. The molecule has 22 heavy (non-hydrogen) atoms. The lowest BCUT2D eigenvalue weighted by atomic mass is 10.1. The van der Waals surface area contributed by atoms with Crippen LogP contribution in [0.4, 0.5) is 5.69 Å². The van der Waals surface area contributed by atoms with Gasteiger partial charge in [-0.1, -0.05) is 0 Å². The number of nitriles is 2. The number of hydrogen-bond acceptors (Lipinski definition) is 7. The second-order valence-corrected chi connectivity index (χ2v) is 4.65. The molecule has 0 aliphatic carbocycles. The molecule has 0 aliphatic rings. The first-order chi connectivity index (χ1) is 10.4. The summed E-state index contributed by atoms with van der Waals surface area (Å²) in [4.78, 5) is 11.7. The number of ether oxygens (including phenoxy) is 2. The highest BCUT2D eigenvalue weighted by Gasteiger charge is 2.31. The zero-order valence-electron chi connectivity index (χ0n) is 12.6. The number of carbonyl (C=O) groups is 1. The third-order valence-electron chi connectivity index (χ3n) is 2.50. The van der Waals surface area contributed by atoms with E-state index in [2.05, 4.69) is 10.5 Å². The minimum absolute atomic E-state index is 0.274. The van der Waals surface area contributed by atoms with Gasteiger partial charge >= 0.3 is 5.97 Å². The van der Waals surface area contributed by atoms with Crippen molar-refractivity contribution < 1.29 is 14.3 Å². The van der Waals surface area contributed by atoms with Gasteiger partial charge in [-0.2, -0.15) is 15.6 Å². The molecular formula is C15H16N4O3. The Kier molecular flexibility index (Phi) is 5.91. The molecule has 0 aromatic heterocycles. The van der Waals surface area contributed by atoms with Crippen LogP contribution in [-0.2, 0) is 9.53 Å².